The Hall–Kier alpha value is -0.154. The van der Waals surface area contributed by atoms with E-state index >= 15 is 0 Å². The van der Waals surface area contributed by atoms with Gasteiger partial charge in [0.1, 0.15) is 0 Å². The minimum absolute atomic E-state index is 1.08. The molecule has 0 radical (unpaired) electrons. The van der Waals surface area contributed by atoms with Crippen LogP contribution in [0.5, 0.6) is 0 Å². The van der Waals surface area contributed by atoms with Crippen LogP contribution in [0.15, 0.2) is 18.5 Å². The normalized spacial score (nSPS) is 9.25. The molecule has 0 unspecified atom stereocenters. The zero-order valence-corrected chi connectivity index (χ0v) is 7.63. The van der Waals surface area contributed by atoms with E-state index in [4.69, 9.17) is 0 Å². The molecule has 0 atom stereocenters. The van der Waals surface area contributed by atoms with E-state index in [-0.39, 0.29) is 0 Å². The van der Waals surface area contributed by atoms with E-state index in [1.807, 2.05) is 18.5 Å². The van der Waals surface area contributed by atoms with E-state index in [0.29, 0.717) is 0 Å². The van der Waals surface area contributed by atoms with Crippen molar-refractivity contribution in [3.8, 4) is 0 Å². The van der Waals surface area contributed by atoms with Gasteiger partial charge in [0, 0.05) is 0 Å². The van der Waals surface area contributed by atoms with Gasteiger partial charge in [0.25, 0.3) is 0 Å². The van der Waals surface area contributed by atoms with Crippen LogP contribution in [0.4, 0.5) is 0 Å². The topological polar surface area (TPSA) is 17.8 Å². The van der Waals surface area contributed by atoms with Gasteiger partial charge in [0.15, 0.2) is 0 Å². The van der Waals surface area contributed by atoms with Crippen LogP contribution in [0.25, 0.3) is 0 Å². The zero-order chi connectivity index (χ0) is 5.98. The van der Waals surface area contributed by atoms with Gasteiger partial charge in [0.05, 0.1) is 0 Å². The molecule has 0 fully saturated rings. The minimum atomic E-state index is -1.08. The van der Waals surface area contributed by atoms with Crippen molar-refractivity contribution in [2.75, 3.05) is 0 Å². The van der Waals surface area contributed by atoms with Gasteiger partial charge in [-0.05, 0) is 0 Å². The number of nitrogens with zero attached hydrogens (tertiary/aromatic N) is 2. The Morgan fingerprint density at radius 3 is 2.50 bits per heavy atom. The van der Waals surface area contributed by atoms with Crippen molar-refractivity contribution in [2.24, 2.45) is 0 Å². The van der Waals surface area contributed by atoms with Crippen LogP contribution in [0.2, 0.25) is 11.0 Å². The second kappa shape index (κ2) is 2.41. The third-order valence-corrected chi connectivity index (χ3v) is 3.91. The molecule has 0 aliphatic carbocycles. The summed E-state index contributed by atoms with van der Waals surface area (Å²) in [5, 5.41) is 4.12. The molecule has 8 heavy (non-hydrogen) atoms. The summed E-state index contributed by atoms with van der Waals surface area (Å²) in [5.41, 5.74) is 4.58. The molecule has 1 rings (SSSR count). The molecule has 42 valence electrons. The molecule has 1 aromatic heterocycles. The van der Waals surface area contributed by atoms with Gasteiger partial charge in [-0.1, -0.05) is 0 Å². The summed E-state index contributed by atoms with van der Waals surface area (Å²) < 4.78 is 2.10. The van der Waals surface area contributed by atoms with E-state index in [1.165, 1.54) is 0 Å². The molecule has 1 heterocycles. The van der Waals surface area contributed by atoms with Gasteiger partial charge >= 0.3 is 54.4 Å². The van der Waals surface area contributed by atoms with Gasteiger partial charge in [-0.25, -0.2) is 0 Å². The van der Waals surface area contributed by atoms with E-state index < -0.39 is 16.5 Å². The summed E-state index contributed by atoms with van der Waals surface area (Å²) in [5.74, 6) is 0. The van der Waals surface area contributed by atoms with Crippen molar-refractivity contribution in [2.45, 2.75) is 11.0 Å². The fourth-order valence-electron chi connectivity index (χ4n) is 0.586. The Balaban J connectivity index is 2.77. The summed E-state index contributed by atoms with van der Waals surface area (Å²) in [6.07, 6.45) is 3.88. The maximum absolute atomic E-state index is 4.12. The van der Waals surface area contributed by atoms with Gasteiger partial charge in [-0.2, -0.15) is 0 Å². The second-order valence-corrected chi connectivity index (χ2v) is 7.78. The van der Waals surface area contributed by atoms with Crippen LogP contribution in [0.1, 0.15) is 0 Å². The van der Waals surface area contributed by atoms with Crippen molar-refractivity contribution in [1.29, 1.82) is 0 Å². The first-order valence-electron chi connectivity index (χ1n) is 2.80. The van der Waals surface area contributed by atoms with Crippen LogP contribution >= 0.6 is 0 Å². The summed E-state index contributed by atoms with van der Waals surface area (Å²) in [7, 11) is 0. The second-order valence-electron chi connectivity index (χ2n) is 2.08. The van der Waals surface area contributed by atoms with Crippen LogP contribution < -0.4 is 0 Å². The molecule has 3 heteroatoms. The van der Waals surface area contributed by atoms with E-state index in [1.54, 1.807) is 0 Å². The maximum atomic E-state index is 4.12. The molecular weight excluding hydrogens is 158 g/mol. The molecule has 0 spiro atoms. The Bertz CT molecular complexity index is 145. The number of hydrogen-bond donors (Lipinski definition) is 0. The van der Waals surface area contributed by atoms with Crippen LogP contribution in [-0.4, -0.2) is 24.9 Å². The quantitative estimate of drug-likeness (QED) is 0.570. The predicted octanol–water partition coefficient (Wildman–Crippen LogP) is 0.982. The van der Waals surface area contributed by atoms with Gasteiger partial charge < -0.3 is 0 Å². The monoisotopic (exact) mass is 166 g/mol. The van der Waals surface area contributed by atoms with Crippen molar-refractivity contribution < 1.29 is 0 Å². The van der Waals surface area contributed by atoms with Crippen LogP contribution in [-0.2, 0) is 0 Å². The Kier molecular flexibility index (Phi) is 1.80. The third kappa shape index (κ3) is 1.17. The predicted molar refractivity (Wildman–Crippen MR) is 35.1 cm³/mol. The van der Waals surface area contributed by atoms with Crippen molar-refractivity contribution >= 4 is 16.5 Å². The van der Waals surface area contributed by atoms with E-state index in [2.05, 4.69) is 19.4 Å². The number of hydrogen-bond acceptors (Lipinski definition) is 1. The zero-order valence-electron chi connectivity index (χ0n) is 5.20. The van der Waals surface area contributed by atoms with E-state index in [0.717, 1.165) is 0 Å². The molecule has 0 aliphatic rings. The molecule has 2 nitrogen and oxygen atoms in total. The summed E-state index contributed by atoms with van der Waals surface area (Å²) >= 11 is -1.08. The number of rotatable bonds is 1. The molecule has 0 saturated carbocycles. The Morgan fingerprint density at radius 1 is 1.50 bits per heavy atom. The Labute approximate surface area is 54.8 Å². The first-order chi connectivity index (χ1) is 3.80. The van der Waals surface area contributed by atoms with E-state index in [9.17, 15) is 0 Å². The first kappa shape index (κ1) is 5.97. The van der Waals surface area contributed by atoms with Gasteiger partial charge in [0.2, 0.25) is 0 Å². The average Bonchev–Trinajstić information content (AvgIpc) is 2.12. The van der Waals surface area contributed by atoms with Crippen molar-refractivity contribution in [3.63, 3.8) is 0 Å². The molecule has 0 amide bonds. The van der Waals surface area contributed by atoms with Crippen molar-refractivity contribution in [1.82, 2.24) is 8.49 Å². The molecule has 0 aromatic carbocycles. The van der Waals surface area contributed by atoms with Crippen LogP contribution in [0.3, 0.4) is 0 Å². The molecule has 0 bridgehead atoms. The fraction of sp³-hybridized carbons (Fsp3) is 0.400. The molecule has 0 N–H and O–H groups in total. The van der Waals surface area contributed by atoms with Gasteiger partial charge in [-0.3, -0.25) is 0 Å². The number of aromatic nitrogens is 2. The summed E-state index contributed by atoms with van der Waals surface area (Å²) in [4.78, 5) is 0. The SMILES string of the molecule is [CH3][Ga]([CH3])[n]1cccn1. The summed E-state index contributed by atoms with van der Waals surface area (Å²) in [6.45, 7) is 0. The first-order valence-corrected chi connectivity index (χ1v) is 8.72. The van der Waals surface area contributed by atoms with Crippen LogP contribution in [0, 0.1) is 0 Å². The Morgan fingerprint density at radius 2 is 2.25 bits per heavy atom. The molecule has 0 saturated heterocycles. The fourth-order valence-corrected chi connectivity index (χ4v) is 2.24. The molecule has 1 aromatic rings. The molecule has 0 aliphatic heterocycles. The molecular formula is C5H9GaN2. The third-order valence-electron chi connectivity index (χ3n) is 1.05. The summed E-state index contributed by atoms with van der Waals surface area (Å²) in [6, 6.07) is 1.98. The van der Waals surface area contributed by atoms with Gasteiger partial charge in [-0.15, -0.1) is 0 Å². The average molecular weight is 167 g/mol. The standard InChI is InChI=1S/C3H3N2.2CH3.Ga/c1-2-4-5-3-1;;;/h1-3H;2*1H3;/q-1;;;+1. The van der Waals surface area contributed by atoms with Crippen molar-refractivity contribution in [3.05, 3.63) is 18.5 Å².